The van der Waals surface area contributed by atoms with Crippen LogP contribution in [0.25, 0.3) is 0 Å². The highest BCUT2D eigenvalue weighted by Gasteiger charge is 2.48. The number of carbonyl (C=O) groups is 2. The van der Waals surface area contributed by atoms with Gasteiger partial charge in [0.25, 0.3) is 0 Å². The van der Waals surface area contributed by atoms with Crippen molar-refractivity contribution in [2.45, 2.75) is 101 Å². The van der Waals surface area contributed by atoms with Gasteiger partial charge in [-0.2, -0.15) is 0 Å². The molecule has 6 fully saturated rings. The number of nitrogens with zero attached hydrogens (tertiary/aromatic N) is 4. The summed E-state index contributed by atoms with van der Waals surface area (Å²) < 4.78 is 0. The van der Waals surface area contributed by atoms with Gasteiger partial charge in [-0.1, -0.05) is 79.9 Å². The molecule has 4 heterocycles. The zero-order valence-corrected chi connectivity index (χ0v) is 27.7. The Bertz CT molecular complexity index is 1290. The highest BCUT2D eigenvalue weighted by molar-refractivity contribution is 5.82. The van der Waals surface area contributed by atoms with Crippen LogP contribution in [0.2, 0.25) is 0 Å². The van der Waals surface area contributed by atoms with Crippen LogP contribution in [0, 0.1) is 5.92 Å². The molecule has 2 aromatic rings. The molecule has 2 saturated carbocycles. The number of nitrogens with one attached hydrogen (secondary N) is 2. The number of benzene rings is 2. The number of likely N-dealkylation sites (tertiary alicyclic amines) is 2. The maximum absolute atomic E-state index is 12.4. The van der Waals surface area contributed by atoms with Crippen LogP contribution < -0.4 is 10.6 Å². The summed E-state index contributed by atoms with van der Waals surface area (Å²) in [6.45, 7) is 8.37. The van der Waals surface area contributed by atoms with Crippen molar-refractivity contribution in [3.05, 3.63) is 71.8 Å². The fourth-order valence-corrected chi connectivity index (χ4v) is 8.75. The lowest BCUT2D eigenvalue weighted by atomic mass is 9.89. The van der Waals surface area contributed by atoms with E-state index in [1.54, 1.807) is 0 Å². The third-order valence-corrected chi connectivity index (χ3v) is 11.7. The lowest BCUT2D eigenvalue weighted by Crippen LogP contribution is -2.59. The average Bonchev–Trinajstić information content (AvgIpc) is 3.81. The molecule has 46 heavy (non-hydrogen) atoms. The smallest absolute Gasteiger partial charge is 0.238 e. The first-order chi connectivity index (χ1) is 22.5. The number of hydrogen-bond donors (Lipinski definition) is 2. The molecule has 2 amide bonds. The maximum atomic E-state index is 12.4. The summed E-state index contributed by atoms with van der Waals surface area (Å²) >= 11 is 0. The molecule has 2 aliphatic carbocycles. The molecular weight excluding hydrogens is 572 g/mol. The topological polar surface area (TPSA) is 71.2 Å². The number of piperidine rings is 2. The Morgan fingerprint density at radius 2 is 1.30 bits per heavy atom. The minimum atomic E-state index is -0.113. The molecular formula is C38H54N6O2. The Balaban J connectivity index is 0.000000147. The Morgan fingerprint density at radius 1 is 0.696 bits per heavy atom. The predicted molar refractivity (Wildman–Crippen MR) is 182 cm³/mol. The standard InChI is InChI=1S/C20H29N3O.C18H25N3O/c24-19-16-23(15-17-7-3-1-4-8-17)20(21-19)11-13-22(14-12-20)18-9-5-2-6-10-18;22-17-12-19-18(21(17)14-15-4-2-1-3-5-15)8-10-20(11-9-18)13-16-6-7-16/h1,3-4,7-8,18H,2,5-6,9-16H2,(H,21,24);1-5,16,19H,6-14H2. The van der Waals surface area contributed by atoms with E-state index in [9.17, 15) is 9.59 Å². The van der Waals surface area contributed by atoms with Gasteiger partial charge >= 0.3 is 0 Å². The van der Waals surface area contributed by atoms with Gasteiger partial charge in [0.2, 0.25) is 11.8 Å². The van der Waals surface area contributed by atoms with E-state index in [2.05, 4.69) is 72.7 Å². The lowest BCUT2D eigenvalue weighted by Gasteiger charge is -2.47. The lowest BCUT2D eigenvalue weighted by molar-refractivity contribution is -0.132. The summed E-state index contributed by atoms with van der Waals surface area (Å²) in [6, 6.07) is 21.7. The number of amides is 2. The van der Waals surface area contributed by atoms with E-state index in [0.717, 1.165) is 76.9 Å². The second-order valence-corrected chi connectivity index (χ2v) is 14.8. The minimum Gasteiger partial charge on any atom is -0.337 e. The molecule has 2 aromatic carbocycles. The largest absolute Gasteiger partial charge is 0.337 e. The van der Waals surface area contributed by atoms with Crippen molar-refractivity contribution in [3.8, 4) is 0 Å². The molecule has 0 unspecified atom stereocenters. The van der Waals surface area contributed by atoms with Crippen LogP contribution in [0.15, 0.2) is 60.7 Å². The normalized spacial score (nSPS) is 25.5. The van der Waals surface area contributed by atoms with Gasteiger partial charge in [-0.15, -0.1) is 0 Å². The highest BCUT2D eigenvalue weighted by Crippen LogP contribution is 2.36. The summed E-state index contributed by atoms with van der Waals surface area (Å²) in [7, 11) is 0. The van der Waals surface area contributed by atoms with Crippen LogP contribution in [0.5, 0.6) is 0 Å². The van der Waals surface area contributed by atoms with E-state index >= 15 is 0 Å². The van der Waals surface area contributed by atoms with Gasteiger partial charge in [0, 0.05) is 51.9 Å². The van der Waals surface area contributed by atoms with Crippen molar-refractivity contribution in [2.75, 3.05) is 45.8 Å². The first-order valence-electron chi connectivity index (χ1n) is 18.2. The molecule has 2 spiro atoms. The second kappa shape index (κ2) is 14.1. The van der Waals surface area contributed by atoms with E-state index in [1.165, 1.54) is 62.6 Å². The fraction of sp³-hybridized carbons (Fsp3) is 0.632. The molecule has 0 aromatic heterocycles. The SMILES string of the molecule is O=C1CN(Cc2ccccc2)C2(CCN(C3CCCCC3)CC2)N1.O=C1CNC2(CCN(CC3CC3)CC2)N1Cc1ccccc1. The van der Waals surface area contributed by atoms with Crippen molar-refractivity contribution < 1.29 is 9.59 Å². The van der Waals surface area contributed by atoms with Crippen LogP contribution in [0.1, 0.15) is 81.8 Å². The van der Waals surface area contributed by atoms with Gasteiger partial charge in [-0.25, -0.2) is 0 Å². The second-order valence-electron chi connectivity index (χ2n) is 14.8. The fourth-order valence-electron chi connectivity index (χ4n) is 8.75. The van der Waals surface area contributed by atoms with E-state index in [4.69, 9.17) is 0 Å². The molecule has 2 N–H and O–H groups in total. The van der Waals surface area contributed by atoms with Crippen molar-refractivity contribution in [1.29, 1.82) is 0 Å². The van der Waals surface area contributed by atoms with E-state index < -0.39 is 0 Å². The van der Waals surface area contributed by atoms with Crippen molar-refractivity contribution in [2.24, 2.45) is 5.92 Å². The molecule has 0 radical (unpaired) electrons. The summed E-state index contributed by atoms with van der Waals surface area (Å²) in [4.78, 5) is 34.3. The minimum absolute atomic E-state index is 0.104. The molecule has 8 heteroatoms. The van der Waals surface area contributed by atoms with Crippen LogP contribution in [-0.4, -0.2) is 94.6 Å². The maximum Gasteiger partial charge on any atom is 0.238 e. The number of hydrogen-bond acceptors (Lipinski definition) is 6. The van der Waals surface area contributed by atoms with Crippen molar-refractivity contribution in [3.63, 3.8) is 0 Å². The molecule has 0 bridgehead atoms. The third kappa shape index (κ3) is 7.35. The first kappa shape index (κ1) is 31.8. The Morgan fingerprint density at radius 3 is 1.93 bits per heavy atom. The molecule has 8 nitrogen and oxygen atoms in total. The summed E-state index contributed by atoms with van der Waals surface area (Å²) in [5, 5.41) is 6.85. The van der Waals surface area contributed by atoms with Gasteiger partial charge in [-0.05, 0) is 68.4 Å². The average molecular weight is 627 g/mol. The molecule has 0 atom stereocenters. The number of carbonyl (C=O) groups excluding carboxylic acids is 2. The van der Waals surface area contributed by atoms with Gasteiger partial charge < -0.3 is 20.0 Å². The quantitative estimate of drug-likeness (QED) is 0.470. The van der Waals surface area contributed by atoms with E-state index in [-0.39, 0.29) is 23.1 Å². The van der Waals surface area contributed by atoms with Gasteiger partial charge in [0.1, 0.15) is 0 Å². The number of rotatable bonds is 7. The van der Waals surface area contributed by atoms with Crippen LogP contribution >= 0.6 is 0 Å². The third-order valence-electron chi connectivity index (χ3n) is 11.7. The molecule has 4 aliphatic heterocycles. The molecule has 6 aliphatic rings. The Hall–Kier alpha value is -2.78. The van der Waals surface area contributed by atoms with Gasteiger partial charge in [0.15, 0.2) is 0 Å². The first-order valence-corrected chi connectivity index (χ1v) is 18.2. The Kier molecular flexibility index (Phi) is 9.78. The highest BCUT2D eigenvalue weighted by atomic mass is 16.2. The van der Waals surface area contributed by atoms with Crippen LogP contribution in [0.3, 0.4) is 0 Å². The molecule has 8 rings (SSSR count). The van der Waals surface area contributed by atoms with Crippen LogP contribution in [0.4, 0.5) is 0 Å². The van der Waals surface area contributed by atoms with Gasteiger partial charge in [0.05, 0.1) is 24.4 Å². The molecule has 4 saturated heterocycles. The molecule has 248 valence electrons. The summed E-state index contributed by atoms with van der Waals surface area (Å²) in [6.07, 6.45) is 14.0. The van der Waals surface area contributed by atoms with Crippen molar-refractivity contribution in [1.82, 2.24) is 30.2 Å². The van der Waals surface area contributed by atoms with E-state index in [1.807, 2.05) is 18.2 Å². The monoisotopic (exact) mass is 626 g/mol. The van der Waals surface area contributed by atoms with E-state index in [0.29, 0.717) is 13.1 Å². The summed E-state index contributed by atoms with van der Waals surface area (Å²) in [5.41, 5.74) is 2.30. The summed E-state index contributed by atoms with van der Waals surface area (Å²) in [5.74, 6) is 1.39. The zero-order chi connectivity index (χ0) is 31.4. The van der Waals surface area contributed by atoms with Crippen molar-refractivity contribution >= 4 is 11.8 Å². The zero-order valence-electron chi connectivity index (χ0n) is 27.7. The van der Waals surface area contributed by atoms with Crippen LogP contribution in [-0.2, 0) is 22.7 Å². The predicted octanol–water partition coefficient (Wildman–Crippen LogP) is 4.56. The Labute approximate surface area is 275 Å². The van der Waals surface area contributed by atoms with Gasteiger partial charge in [-0.3, -0.25) is 19.8 Å².